The van der Waals surface area contributed by atoms with Gasteiger partial charge in [0.25, 0.3) is 11.6 Å². The molecule has 1 aliphatic rings. The number of piperazine rings is 1. The Balaban J connectivity index is 1.63. The highest BCUT2D eigenvalue weighted by atomic mass is 79.9. The van der Waals surface area contributed by atoms with E-state index < -0.39 is 4.92 Å². The van der Waals surface area contributed by atoms with Gasteiger partial charge in [-0.25, -0.2) is 0 Å². The second-order valence-corrected chi connectivity index (χ2v) is 9.16. The van der Waals surface area contributed by atoms with Crippen molar-refractivity contribution in [3.8, 4) is 5.75 Å². The van der Waals surface area contributed by atoms with Crippen LogP contribution < -0.4 is 15.0 Å². The van der Waals surface area contributed by atoms with Crippen LogP contribution in [0.5, 0.6) is 5.75 Å². The van der Waals surface area contributed by atoms with Crippen LogP contribution >= 0.6 is 55.7 Å². The summed E-state index contributed by atoms with van der Waals surface area (Å²) in [5.74, 6) is 0.0471. The highest BCUT2D eigenvalue weighted by Gasteiger charge is 2.24. The summed E-state index contributed by atoms with van der Waals surface area (Å²) in [7, 11) is 1.49. The number of non-ortho nitro benzene ring substituents is 1. The summed E-state index contributed by atoms with van der Waals surface area (Å²) in [6.45, 7) is 2.32. The van der Waals surface area contributed by atoms with Crippen molar-refractivity contribution in [3.05, 3.63) is 60.0 Å². The molecule has 0 aliphatic carbocycles. The summed E-state index contributed by atoms with van der Waals surface area (Å²) >= 11 is 18.4. The van der Waals surface area contributed by atoms with Crippen LogP contribution in [0.25, 0.3) is 0 Å². The molecule has 0 saturated carbocycles. The van der Waals surface area contributed by atoms with E-state index >= 15 is 0 Å². The van der Waals surface area contributed by atoms with Crippen LogP contribution in [-0.2, 0) is 0 Å². The molecule has 164 valence electrons. The third kappa shape index (κ3) is 5.46. The van der Waals surface area contributed by atoms with Gasteiger partial charge in [-0.05, 0) is 46.3 Å². The standard InChI is InChI=1S/C19H17Br2ClN4O4S/c1-30-17-13(8-11(20)9-14(17)21)18(27)23-19(31)25-6-4-24(5-7-25)16-3-2-12(26(28)29)10-15(16)22/h2-3,8-10H,4-7H2,1H3,(H,23,27,31). The van der Waals surface area contributed by atoms with E-state index in [0.717, 1.165) is 10.2 Å². The van der Waals surface area contributed by atoms with Crippen LogP contribution in [0.1, 0.15) is 10.4 Å². The van der Waals surface area contributed by atoms with Crippen LogP contribution in [0.4, 0.5) is 11.4 Å². The van der Waals surface area contributed by atoms with Gasteiger partial charge in [-0.15, -0.1) is 0 Å². The average Bonchev–Trinajstić information content (AvgIpc) is 2.73. The number of amides is 1. The normalized spacial score (nSPS) is 13.7. The quantitative estimate of drug-likeness (QED) is 0.315. The van der Waals surface area contributed by atoms with Gasteiger partial charge in [-0.3, -0.25) is 20.2 Å². The SMILES string of the molecule is COc1c(Br)cc(Br)cc1C(=O)NC(=S)N1CCN(c2ccc([N+](=O)[O-])cc2Cl)CC1. The predicted molar refractivity (Wildman–Crippen MR) is 130 cm³/mol. The first kappa shape index (κ1) is 23.7. The molecule has 8 nitrogen and oxygen atoms in total. The minimum atomic E-state index is -0.479. The summed E-state index contributed by atoms with van der Waals surface area (Å²) in [6, 6.07) is 7.87. The van der Waals surface area contributed by atoms with Gasteiger partial charge in [0.05, 0.1) is 32.8 Å². The van der Waals surface area contributed by atoms with Gasteiger partial charge in [0.1, 0.15) is 5.75 Å². The Bertz CT molecular complexity index is 1050. The van der Waals surface area contributed by atoms with Crippen molar-refractivity contribution >= 4 is 78.1 Å². The molecule has 1 aliphatic heterocycles. The summed E-state index contributed by atoms with van der Waals surface area (Å²) in [4.78, 5) is 27.1. The fraction of sp³-hybridized carbons (Fsp3) is 0.263. The summed E-state index contributed by atoms with van der Waals surface area (Å²) < 4.78 is 6.70. The summed E-state index contributed by atoms with van der Waals surface area (Å²) in [5.41, 5.74) is 1.03. The Hall–Kier alpha value is -1.95. The van der Waals surface area contributed by atoms with Gasteiger partial charge in [-0.2, -0.15) is 0 Å². The van der Waals surface area contributed by atoms with Gasteiger partial charge in [-0.1, -0.05) is 27.5 Å². The molecular formula is C19H17Br2ClN4O4S. The Labute approximate surface area is 205 Å². The second kappa shape index (κ2) is 10.1. The molecule has 1 heterocycles. The number of anilines is 1. The number of nitro benzene ring substituents is 1. The molecule has 1 amide bonds. The number of methoxy groups -OCH3 is 1. The number of hydrogen-bond donors (Lipinski definition) is 1. The number of nitrogens with zero attached hydrogens (tertiary/aromatic N) is 3. The molecule has 0 unspecified atom stereocenters. The van der Waals surface area contributed by atoms with Crippen LogP contribution in [0.15, 0.2) is 39.3 Å². The van der Waals surface area contributed by atoms with E-state index in [1.54, 1.807) is 18.2 Å². The van der Waals surface area contributed by atoms with E-state index in [9.17, 15) is 14.9 Å². The Kier molecular flexibility index (Phi) is 7.73. The molecule has 0 bridgehead atoms. The fourth-order valence-corrected chi connectivity index (χ4v) is 5.15. The van der Waals surface area contributed by atoms with Gasteiger partial charge in [0.2, 0.25) is 0 Å². The Morgan fingerprint density at radius 1 is 1.23 bits per heavy atom. The molecule has 1 saturated heterocycles. The Morgan fingerprint density at radius 2 is 1.90 bits per heavy atom. The van der Waals surface area contributed by atoms with Gasteiger partial charge < -0.3 is 14.5 Å². The van der Waals surface area contributed by atoms with Crippen LogP contribution in [0.3, 0.4) is 0 Å². The molecular weight excluding hydrogens is 576 g/mol. The van der Waals surface area contributed by atoms with Crippen molar-refractivity contribution in [3.63, 3.8) is 0 Å². The first-order chi connectivity index (χ1) is 14.7. The molecule has 2 aromatic rings. The lowest BCUT2D eigenvalue weighted by Gasteiger charge is -2.37. The largest absolute Gasteiger partial charge is 0.495 e. The van der Waals surface area contributed by atoms with E-state index in [-0.39, 0.29) is 11.6 Å². The van der Waals surface area contributed by atoms with Crippen molar-refractivity contribution < 1.29 is 14.5 Å². The lowest BCUT2D eigenvalue weighted by atomic mass is 10.2. The van der Waals surface area contributed by atoms with Crippen molar-refractivity contribution in [2.24, 2.45) is 0 Å². The molecule has 31 heavy (non-hydrogen) atoms. The number of halogens is 3. The molecule has 3 rings (SSSR count). The zero-order valence-electron chi connectivity index (χ0n) is 16.2. The smallest absolute Gasteiger partial charge is 0.271 e. The van der Waals surface area contributed by atoms with Gasteiger partial charge in [0, 0.05) is 42.8 Å². The maximum atomic E-state index is 12.8. The van der Waals surface area contributed by atoms with E-state index in [1.165, 1.54) is 19.2 Å². The van der Waals surface area contributed by atoms with Crippen LogP contribution in [0, 0.1) is 10.1 Å². The topological polar surface area (TPSA) is 88.0 Å². The van der Waals surface area contributed by atoms with E-state index in [0.29, 0.717) is 52.1 Å². The molecule has 0 atom stereocenters. The number of hydrogen-bond acceptors (Lipinski definition) is 6. The zero-order valence-corrected chi connectivity index (χ0v) is 21.0. The highest BCUT2D eigenvalue weighted by Crippen LogP contribution is 2.33. The predicted octanol–water partition coefficient (Wildman–Crippen LogP) is 4.62. The molecule has 0 spiro atoms. The number of rotatable bonds is 4. The lowest BCUT2D eigenvalue weighted by Crippen LogP contribution is -2.52. The monoisotopic (exact) mass is 590 g/mol. The second-order valence-electron chi connectivity index (χ2n) is 6.59. The molecule has 12 heteroatoms. The van der Waals surface area contributed by atoms with Crippen LogP contribution in [0.2, 0.25) is 5.02 Å². The zero-order chi connectivity index (χ0) is 22.7. The van der Waals surface area contributed by atoms with E-state index in [4.69, 9.17) is 28.6 Å². The minimum Gasteiger partial charge on any atom is -0.495 e. The number of nitrogens with one attached hydrogen (secondary N) is 1. The van der Waals surface area contributed by atoms with E-state index in [2.05, 4.69) is 37.2 Å². The number of thiocarbonyl (C=S) groups is 1. The third-order valence-corrected chi connectivity index (χ3v) is 6.44. The molecule has 0 radical (unpaired) electrons. The summed E-state index contributed by atoms with van der Waals surface area (Å²) in [5, 5.41) is 14.3. The van der Waals surface area contributed by atoms with Crippen molar-refractivity contribution in [2.75, 3.05) is 38.2 Å². The van der Waals surface area contributed by atoms with Gasteiger partial charge >= 0.3 is 0 Å². The highest BCUT2D eigenvalue weighted by molar-refractivity contribution is 9.11. The number of carbonyl (C=O) groups excluding carboxylic acids is 1. The maximum Gasteiger partial charge on any atom is 0.271 e. The number of ether oxygens (including phenoxy) is 1. The van der Waals surface area contributed by atoms with Crippen LogP contribution in [-0.4, -0.2) is 54.1 Å². The van der Waals surface area contributed by atoms with Crippen molar-refractivity contribution in [2.45, 2.75) is 0 Å². The molecule has 1 fully saturated rings. The van der Waals surface area contributed by atoms with Crippen molar-refractivity contribution in [1.29, 1.82) is 0 Å². The molecule has 1 N–H and O–H groups in total. The minimum absolute atomic E-state index is 0.0501. The van der Waals surface area contributed by atoms with Crippen molar-refractivity contribution in [1.82, 2.24) is 10.2 Å². The maximum absolute atomic E-state index is 12.8. The Morgan fingerprint density at radius 3 is 2.48 bits per heavy atom. The third-order valence-electron chi connectivity index (χ3n) is 4.73. The lowest BCUT2D eigenvalue weighted by molar-refractivity contribution is -0.384. The van der Waals surface area contributed by atoms with Gasteiger partial charge in [0.15, 0.2) is 5.11 Å². The van der Waals surface area contributed by atoms with E-state index in [1.807, 2.05) is 9.80 Å². The first-order valence-electron chi connectivity index (χ1n) is 9.03. The molecule has 0 aromatic heterocycles. The number of benzene rings is 2. The fourth-order valence-electron chi connectivity index (χ4n) is 3.20. The average molecular weight is 593 g/mol. The molecule has 2 aromatic carbocycles. The first-order valence-corrected chi connectivity index (χ1v) is 11.4. The summed E-state index contributed by atoms with van der Waals surface area (Å²) in [6.07, 6.45) is 0. The number of nitro groups is 1. The number of carbonyl (C=O) groups is 1.